The third-order valence-electron chi connectivity index (χ3n) is 3.34. The van der Waals surface area contributed by atoms with E-state index < -0.39 is 12.0 Å². The molecule has 2 N–H and O–H groups in total. The van der Waals surface area contributed by atoms with Crippen molar-refractivity contribution in [2.75, 3.05) is 0 Å². The van der Waals surface area contributed by atoms with Crippen molar-refractivity contribution in [3.63, 3.8) is 0 Å². The summed E-state index contributed by atoms with van der Waals surface area (Å²) in [5.74, 6) is -1.59. The van der Waals surface area contributed by atoms with Crippen LogP contribution in [0.5, 0.6) is 0 Å². The minimum absolute atomic E-state index is 0.136. The summed E-state index contributed by atoms with van der Waals surface area (Å²) >= 11 is 0. The number of carbonyl (C=O) groups is 2. The summed E-state index contributed by atoms with van der Waals surface area (Å²) in [7, 11) is 0. The largest absolute Gasteiger partial charge is 0.480 e. The summed E-state index contributed by atoms with van der Waals surface area (Å²) in [6, 6.07) is 7.18. The van der Waals surface area contributed by atoms with Gasteiger partial charge in [-0.15, -0.1) is 0 Å². The Morgan fingerprint density at radius 3 is 2.15 bits per heavy atom. The van der Waals surface area contributed by atoms with Crippen molar-refractivity contribution in [3.05, 3.63) is 35.4 Å². The van der Waals surface area contributed by atoms with E-state index in [1.165, 1.54) is 5.56 Å². The Morgan fingerprint density at radius 2 is 1.70 bits per heavy atom. The molecule has 110 valence electrons. The van der Waals surface area contributed by atoms with Crippen molar-refractivity contribution < 1.29 is 14.7 Å². The summed E-state index contributed by atoms with van der Waals surface area (Å²) in [6.07, 6.45) is 0.608. The van der Waals surface area contributed by atoms with Crippen LogP contribution in [0, 0.1) is 18.8 Å². The topological polar surface area (TPSA) is 66.4 Å². The summed E-state index contributed by atoms with van der Waals surface area (Å²) in [5, 5.41) is 11.7. The maximum absolute atomic E-state index is 12.1. The van der Waals surface area contributed by atoms with Crippen LogP contribution >= 0.6 is 0 Å². The smallest absolute Gasteiger partial charge is 0.326 e. The third-order valence-corrected chi connectivity index (χ3v) is 3.34. The van der Waals surface area contributed by atoms with Gasteiger partial charge in [-0.1, -0.05) is 50.6 Å². The molecule has 20 heavy (non-hydrogen) atoms. The van der Waals surface area contributed by atoms with Gasteiger partial charge in [0, 0.05) is 5.92 Å². The van der Waals surface area contributed by atoms with Gasteiger partial charge in [0.05, 0.1) is 0 Å². The highest BCUT2D eigenvalue weighted by Crippen LogP contribution is 2.11. The Kier molecular flexibility index (Phi) is 5.74. The molecular weight excluding hydrogens is 254 g/mol. The van der Waals surface area contributed by atoms with Gasteiger partial charge in [0.15, 0.2) is 0 Å². The van der Waals surface area contributed by atoms with Gasteiger partial charge in [-0.05, 0) is 24.8 Å². The van der Waals surface area contributed by atoms with Crippen molar-refractivity contribution in [2.24, 2.45) is 11.8 Å². The minimum atomic E-state index is -0.990. The van der Waals surface area contributed by atoms with Crippen LogP contribution in [0.25, 0.3) is 0 Å². The van der Waals surface area contributed by atoms with E-state index in [2.05, 4.69) is 5.32 Å². The average molecular weight is 277 g/mol. The molecule has 2 unspecified atom stereocenters. The Bertz CT molecular complexity index is 465. The SMILES string of the molecule is Cc1ccc(CC(C)C(=O)NC(C(=O)O)C(C)C)cc1. The normalized spacial score (nSPS) is 13.8. The van der Waals surface area contributed by atoms with Crippen LogP contribution in [-0.2, 0) is 16.0 Å². The molecule has 0 radical (unpaired) electrons. The molecule has 1 aromatic carbocycles. The lowest BCUT2D eigenvalue weighted by Crippen LogP contribution is -2.46. The van der Waals surface area contributed by atoms with E-state index in [9.17, 15) is 9.59 Å². The zero-order valence-corrected chi connectivity index (χ0v) is 12.5. The second kappa shape index (κ2) is 7.08. The number of carboxylic acid groups (broad SMARTS) is 1. The highest BCUT2D eigenvalue weighted by molar-refractivity contribution is 5.85. The van der Waals surface area contributed by atoms with Gasteiger partial charge in [-0.3, -0.25) is 4.79 Å². The van der Waals surface area contributed by atoms with E-state index in [0.29, 0.717) is 6.42 Å². The second-order valence-corrected chi connectivity index (χ2v) is 5.66. The van der Waals surface area contributed by atoms with Crippen LogP contribution in [-0.4, -0.2) is 23.0 Å². The van der Waals surface area contributed by atoms with Gasteiger partial charge >= 0.3 is 5.97 Å². The van der Waals surface area contributed by atoms with Crippen LogP contribution in [0.2, 0.25) is 0 Å². The van der Waals surface area contributed by atoms with Crippen molar-refractivity contribution in [2.45, 2.75) is 40.2 Å². The van der Waals surface area contributed by atoms with E-state index in [1.807, 2.05) is 38.1 Å². The number of rotatable bonds is 6. The average Bonchev–Trinajstić information content (AvgIpc) is 2.37. The Hall–Kier alpha value is -1.84. The fourth-order valence-corrected chi connectivity index (χ4v) is 1.98. The first-order chi connectivity index (χ1) is 9.31. The number of aryl methyl sites for hydroxylation is 1. The van der Waals surface area contributed by atoms with Crippen molar-refractivity contribution in [1.29, 1.82) is 0 Å². The van der Waals surface area contributed by atoms with E-state index >= 15 is 0 Å². The summed E-state index contributed by atoms with van der Waals surface area (Å²) in [6.45, 7) is 7.39. The third kappa shape index (κ3) is 4.68. The molecule has 0 heterocycles. The number of hydrogen-bond acceptors (Lipinski definition) is 2. The van der Waals surface area contributed by atoms with Crippen LogP contribution < -0.4 is 5.32 Å². The molecule has 2 atom stereocenters. The number of carboxylic acids is 1. The van der Waals surface area contributed by atoms with E-state index in [-0.39, 0.29) is 17.7 Å². The Balaban J connectivity index is 2.62. The van der Waals surface area contributed by atoms with E-state index in [1.54, 1.807) is 13.8 Å². The molecule has 0 fully saturated rings. The number of hydrogen-bond donors (Lipinski definition) is 2. The maximum Gasteiger partial charge on any atom is 0.326 e. The van der Waals surface area contributed by atoms with Gasteiger partial charge in [-0.2, -0.15) is 0 Å². The summed E-state index contributed by atoms with van der Waals surface area (Å²) in [5.41, 5.74) is 2.26. The molecule has 1 aromatic rings. The zero-order chi connectivity index (χ0) is 15.3. The van der Waals surface area contributed by atoms with Gasteiger partial charge in [0.25, 0.3) is 0 Å². The molecule has 0 aliphatic heterocycles. The molecule has 0 bridgehead atoms. The zero-order valence-electron chi connectivity index (χ0n) is 12.5. The molecule has 4 heteroatoms. The van der Waals surface area contributed by atoms with Crippen molar-refractivity contribution in [3.8, 4) is 0 Å². The standard InChI is InChI=1S/C16H23NO3/c1-10(2)14(16(19)20)17-15(18)12(4)9-13-7-5-11(3)6-8-13/h5-8,10,12,14H,9H2,1-4H3,(H,17,18)(H,19,20). The molecular formula is C16H23NO3. The number of amides is 1. The molecule has 1 amide bonds. The predicted octanol–water partition coefficient (Wildman–Crippen LogP) is 2.40. The molecule has 1 rings (SSSR count). The first-order valence-electron chi connectivity index (χ1n) is 6.90. The molecule has 0 saturated carbocycles. The van der Waals surface area contributed by atoms with Crippen molar-refractivity contribution in [1.82, 2.24) is 5.32 Å². The number of benzene rings is 1. The number of carbonyl (C=O) groups excluding carboxylic acids is 1. The van der Waals surface area contributed by atoms with Crippen molar-refractivity contribution >= 4 is 11.9 Å². The lowest BCUT2D eigenvalue weighted by molar-refractivity contribution is -0.143. The van der Waals surface area contributed by atoms with Crippen LogP contribution in [0.4, 0.5) is 0 Å². The van der Waals surface area contributed by atoms with Gasteiger partial charge in [0.2, 0.25) is 5.91 Å². The molecule has 0 aromatic heterocycles. The van der Waals surface area contributed by atoms with Crippen LogP contribution in [0.15, 0.2) is 24.3 Å². The summed E-state index contributed by atoms with van der Waals surface area (Å²) < 4.78 is 0. The Labute approximate surface area is 120 Å². The fraction of sp³-hybridized carbons (Fsp3) is 0.500. The molecule has 0 aliphatic carbocycles. The number of aliphatic carboxylic acids is 1. The lowest BCUT2D eigenvalue weighted by atomic mass is 9.98. The van der Waals surface area contributed by atoms with E-state index in [4.69, 9.17) is 5.11 Å². The fourth-order valence-electron chi connectivity index (χ4n) is 1.98. The lowest BCUT2D eigenvalue weighted by Gasteiger charge is -2.20. The van der Waals surface area contributed by atoms with Gasteiger partial charge < -0.3 is 10.4 Å². The highest BCUT2D eigenvalue weighted by atomic mass is 16.4. The highest BCUT2D eigenvalue weighted by Gasteiger charge is 2.25. The quantitative estimate of drug-likeness (QED) is 0.839. The first kappa shape index (κ1) is 16.2. The first-order valence-corrected chi connectivity index (χ1v) is 6.90. The minimum Gasteiger partial charge on any atom is -0.480 e. The Morgan fingerprint density at radius 1 is 1.15 bits per heavy atom. The molecule has 4 nitrogen and oxygen atoms in total. The van der Waals surface area contributed by atoms with E-state index in [0.717, 1.165) is 5.56 Å². The molecule has 0 aliphatic rings. The van der Waals surface area contributed by atoms with Gasteiger partial charge in [0.1, 0.15) is 6.04 Å². The van der Waals surface area contributed by atoms with Crippen LogP contribution in [0.3, 0.4) is 0 Å². The number of nitrogens with one attached hydrogen (secondary N) is 1. The summed E-state index contributed by atoms with van der Waals surface area (Å²) in [4.78, 5) is 23.1. The second-order valence-electron chi connectivity index (χ2n) is 5.66. The van der Waals surface area contributed by atoms with Crippen LogP contribution in [0.1, 0.15) is 31.9 Å². The monoisotopic (exact) mass is 277 g/mol. The molecule has 0 spiro atoms. The predicted molar refractivity (Wildman–Crippen MR) is 78.5 cm³/mol. The molecule has 0 saturated heterocycles. The maximum atomic E-state index is 12.1. The van der Waals surface area contributed by atoms with Gasteiger partial charge in [-0.25, -0.2) is 4.79 Å².